The lowest BCUT2D eigenvalue weighted by Gasteiger charge is -2.46. The molecule has 5 rings (SSSR count). The molecule has 0 N–H and O–H groups in total. The van der Waals surface area contributed by atoms with Crippen molar-refractivity contribution < 1.29 is 22.4 Å². The van der Waals surface area contributed by atoms with Gasteiger partial charge in [-0.25, -0.2) is 9.18 Å². The molecule has 0 bridgehead atoms. The summed E-state index contributed by atoms with van der Waals surface area (Å²) in [6.07, 6.45) is -1.48. The lowest BCUT2D eigenvalue weighted by molar-refractivity contribution is -0.138. The Kier molecular flexibility index (Phi) is 6.37. The standard InChI is InChI=1S/C27H29F4N5O/c1-17-7-6-10-23(28)24(17)34-13-11-20(12-14-34)36-18(2)21-16-33(3)32-25(21)35(26(36)37)15-19-8-4-5-9-22(19)27(29,30)31/h4-10,16,18,20H,11-15H2,1-3H3/t18-/m0/s1. The number of nitrogens with zero attached hydrogens (tertiary/aromatic N) is 5. The monoisotopic (exact) mass is 515 g/mol. The first-order valence-corrected chi connectivity index (χ1v) is 12.3. The van der Waals surface area contributed by atoms with E-state index >= 15 is 0 Å². The summed E-state index contributed by atoms with van der Waals surface area (Å²) < 4.78 is 57.2. The number of urea groups is 1. The Labute approximate surface area is 213 Å². The molecule has 0 radical (unpaired) electrons. The topological polar surface area (TPSA) is 44.6 Å². The number of halogens is 4. The number of amides is 2. The second-order valence-corrected chi connectivity index (χ2v) is 9.81. The smallest absolute Gasteiger partial charge is 0.369 e. The zero-order valence-corrected chi connectivity index (χ0v) is 21.0. The normalized spacial score (nSPS) is 18.9. The van der Waals surface area contributed by atoms with Crippen LogP contribution in [0, 0.1) is 12.7 Å². The number of aromatic nitrogens is 2. The summed E-state index contributed by atoms with van der Waals surface area (Å²) in [4.78, 5) is 19.0. The second-order valence-electron chi connectivity index (χ2n) is 9.81. The lowest BCUT2D eigenvalue weighted by Crippen LogP contribution is -2.55. The summed E-state index contributed by atoms with van der Waals surface area (Å²) >= 11 is 0. The van der Waals surface area contributed by atoms with Crippen LogP contribution in [0.25, 0.3) is 0 Å². The van der Waals surface area contributed by atoms with Crippen LogP contribution in [0.15, 0.2) is 48.7 Å². The van der Waals surface area contributed by atoms with Gasteiger partial charge in [0.1, 0.15) is 5.82 Å². The number of para-hydroxylation sites is 1. The van der Waals surface area contributed by atoms with Gasteiger partial charge in [0, 0.05) is 37.9 Å². The van der Waals surface area contributed by atoms with Crippen LogP contribution in [0.5, 0.6) is 0 Å². The van der Waals surface area contributed by atoms with Crippen molar-refractivity contribution >= 4 is 17.5 Å². The predicted octanol–water partition coefficient (Wildman–Crippen LogP) is 6.06. The minimum atomic E-state index is -4.53. The first-order valence-electron chi connectivity index (χ1n) is 12.3. The van der Waals surface area contributed by atoms with E-state index in [0.717, 1.165) is 17.2 Å². The molecule has 3 heterocycles. The molecule has 1 atom stereocenters. The van der Waals surface area contributed by atoms with Crippen molar-refractivity contribution in [2.45, 2.75) is 51.5 Å². The van der Waals surface area contributed by atoms with Crippen LogP contribution in [-0.2, 0) is 19.8 Å². The number of benzene rings is 2. The fourth-order valence-corrected chi connectivity index (χ4v) is 5.66. The van der Waals surface area contributed by atoms with E-state index in [9.17, 15) is 22.4 Å². The number of carbonyl (C=O) groups is 1. The van der Waals surface area contributed by atoms with Crippen LogP contribution in [0.1, 0.15) is 48.1 Å². The van der Waals surface area contributed by atoms with Crippen LogP contribution in [0.2, 0.25) is 0 Å². The number of hydrogen-bond acceptors (Lipinski definition) is 3. The molecule has 2 aromatic carbocycles. The number of anilines is 2. The average Bonchev–Trinajstić information content (AvgIpc) is 3.24. The Morgan fingerprint density at radius 1 is 1.05 bits per heavy atom. The number of hydrogen-bond donors (Lipinski definition) is 0. The van der Waals surface area contributed by atoms with Crippen molar-refractivity contribution in [2.24, 2.45) is 7.05 Å². The van der Waals surface area contributed by atoms with Gasteiger partial charge >= 0.3 is 12.2 Å². The highest BCUT2D eigenvalue weighted by molar-refractivity contribution is 5.94. The summed E-state index contributed by atoms with van der Waals surface area (Å²) in [5.74, 6) is 0.114. The third-order valence-corrected chi connectivity index (χ3v) is 7.43. The summed E-state index contributed by atoms with van der Waals surface area (Å²) in [6, 6.07) is 9.53. The van der Waals surface area contributed by atoms with E-state index < -0.39 is 11.7 Å². The van der Waals surface area contributed by atoms with Crippen molar-refractivity contribution in [3.63, 3.8) is 0 Å². The number of alkyl halides is 3. The Bertz CT molecular complexity index is 1290. The quantitative estimate of drug-likeness (QED) is 0.397. The first kappa shape index (κ1) is 25.1. The maximum absolute atomic E-state index is 14.6. The Morgan fingerprint density at radius 3 is 2.43 bits per heavy atom. The van der Waals surface area contributed by atoms with E-state index in [0.29, 0.717) is 37.4 Å². The molecule has 2 aliphatic rings. The van der Waals surface area contributed by atoms with E-state index in [1.165, 1.54) is 23.1 Å². The van der Waals surface area contributed by atoms with Crippen LogP contribution < -0.4 is 9.80 Å². The molecule has 0 saturated carbocycles. The van der Waals surface area contributed by atoms with Crippen molar-refractivity contribution in [2.75, 3.05) is 22.9 Å². The summed E-state index contributed by atoms with van der Waals surface area (Å²) in [6.45, 7) is 4.70. The lowest BCUT2D eigenvalue weighted by atomic mass is 9.96. The van der Waals surface area contributed by atoms with Gasteiger partial charge in [0.25, 0.3) is 0 Å². The van der Waals surface area contributed by atoms with Gasteiger partial charge in [-0.2, -0.15) is 18.3 Å². The maximum Gasteiger partial charge on any atom is 0.416 e. The third kappa shape index (κ3) is 4.53. The molecule has 3 aromatic rings. The van der Waals surface area contributed by atoms with Gasteiger partial charge in [0.2, 0.25) is 0 Å². The molecule has 1 saturated heterocycles. The molecule has 0 spiro atoms. The van der Waals surface area contributed by atoms with Crippen LogP contribution in [0.4, 0.5) is 33.9 Å². The van der Waals surface area contributed by atoms with Crippen LogP contribution in [-0.4, -0.2) is 39.8 Å². The predicted molar refractivity (Wildman–Crippen MR) is 133 cm³/mol. The fourth-order valence-electron chi connectivity index (χ4n) is 5.66. The Balaban J connectivity index is 1.43. The van der Waals surface area contributed by atoms with Gasteiger partial charge in [-0.3, -0.25) is 9.58 Å². The molecule has 0 aliphatic carbocycles. The number of piperidine rings is 1. The molecular weight excluding hydrogens is 486 g/mol. The summed E-state index contributed by atoms with van der Waals surface area (Å²) in [5.41, 5.74) is 1.48. The van der Waals surface area contributed by atoms with Crippen molar-refractivity contribution in [3.05, 3.63) is 76.7 Å². The maximum atomic E-state index is 14.6. The van der Waals surface area contributed by atoms with Crippen molar-refractivity contribution in [1.82, 2.24) is 14.7 Å². The molecule has 37 heavy (non-hydrogen) atoms. The van der Waals surface area contributed by atoms with Gasteiger partial charge in [-0.1, -0.05) is 30.3 Å². The minimum absolute atomic E-state index is 0.0132. The Hall–Kier alpha value is -3.56. The van der Waals surface area contributed by atoms with Crippen molar-refractivity contribution in [3.8, 4) is 0 Å². The molecule has 1 aromatic heterocycles. The molecule has 1 fully saturated rings. The number of carbonyl (C=O) groups excluding carboxylic acids is 1. The summed E-state index contributed by atoms with van der Waals surface area (Å²) in [7, 11) is 1.73. The highest BCUT2D eigenvalue weighted by Crippen LogP contribution is 2.41. The zero-order chi connectivity index (χ0) is 26.5. The SMILES string of the molecule is Cc1cccc(F)c1N1CCC(N2C(=O)N(Cc3ccccc3C(F)(F)F)c3nn(C)cc3[C@@H]2C)CC1. The van der Waals surface area contributed by atoms with E-state index in [4.69, 9.17) is 0 Å². The molecular formula is C27H29F4N5O. The van der Waals surface area contributed by atoms with Gasteiger partial charge < -0.3 is 9.80 Å². The number of aryl methyl sites for hydroxylation is 2. The van der Waals surface area contributed by atoms with Gasteiger partial charge in [0.05, 0.1) is 23.8 Å². The van der Waals surface area contributed by atoms with Crippen molar-refractivity contribution in [1.29, 1.82) is 0 Å². The molecule has 2 aliphatic heterocycles. The van der Waals surface area contributed by atoms with E-state index in [-0.39, 0.29) is 36.0 Å². The molecule has 10 heteroatoms. The van der Waals surface area contributed by atoms with E-state index in [1.807, 2.05) is 31.0 Å². The van der Waals surface area contributed by atoms with Gasteiger partial charge in [-0.15, -0.1) is 0 Å². The first-order chi connectivity index (χ1) is 17.6. The largest absolute Gasteiger partial charge is 0.416 e. The van der Waals surface area contributed by atoms with Crippen LogP contribution >= 0.6 is 0 Å². The third-order valence-electron chi connectivity index (χ3n) is 7.43. The summed E-state index contributed by atoms with van der Waals surface area (Å²) in [5, 5.41) is 4.44. The Morgan fingerprint density at radius 2 is 1.76 bits per heavy atom. The van der Waals surface area contributed by atoms with E-state index in [2.05, 4.69) is 5.10 Å². The molecule has 0 unspecified atom stereocenters. The van der Waals surface area contributed by atoms with E-state index in [1.54, 1.807) is 28.8 Å². The number of rotatable bonds is 4. The van der Waals surface area contributed by atoms with Gasteiger partial charge in [-0.05, 0) is 49.9 Å². The van der Waals surface area contributed by atoms with Crippen LogP contribution in [0.3, 0.4) is 0 Å². The molecule has 196 valence electrons. The minimum Gasteiger partial charge on any atom is -0.369 e. The average molecular weight is 516 g/mol. The zero-order valence-electron chi connectivity index (χ0n) is 21.0. The second kappa shape index (κ2) is 9.39. The highest BCUT2D eigenvalue weighted by atomic mass is 19.4. The highest BCUT2D eigenvalue weighted by Gasteiger charge is 2.43. The fraction of sp³-hybridized carbons (Fsp3) is 0.407. The van der Waals surface area contributed by atoms with Gasteiger partial charge in [0.15, 0.2) is 5.82 Å². The molecule has 6 nitrogen and oxygen atoms in total. The molecule has 2 amide bonds. The number of fused-ring (bicyclic) bond motifs is 1.